The summed E-state index contributed by atoms with van der Waals surface area (Å²) in [4.78, 5) is 37.9. The van der Waals surface area contributed by atoms with Crippen molar-refractivity contribution in [1.29, 1.82) is 0 Å². The van der Waals surface area contributed by atoms with E-state index in [2.05, 4.69) is 148 Å². The van der Waals surface area contributed by atoms with Crippen molar-refractivity contribution >= 4 is 19.7 Å². The SMILES string of the molecule is CC/C=C\C/C=C\C/C=C\C/C=C\C/C=C\C/C=C\CCCCCCC(=O)OC(/C=C\CCCCCCCCCCCC)C(COP(=O)(O)OCC[N+](C)(C)C)NC(=O)CCCCCCCCCCCCC/C=C\C/C=C\C/C=C\C/C=C\CCCCC. The summed E-state index contributed by atoms with van der Waals surface area (Å²) in [6.45, 7) is 6.85. The van der Waals surface area contributed by atoms with E-state index in [1.165, 1.54) is 128 Å². The van der Waals surface area contributed by atoms with E-state index in [-0.39, 0.29) is 31.5 Å². The Labute approximate surface area is 543 Å². The average molecular weight is 1240 g/mol. The number of likely N-dealkylation sites (N-methyl/N-ethyl adjacent to an activating group) is 1. The minimum absolute atomic E-state index is 0.0285. The van der Waals surface area contributed by atoms with Gasteiger partial charge in [-0.15, -0.1) is 0 Å². The molecule has 0 aromatic rings. The fourth-order valence-electron chi connectivity index (χ4n) is 9.81. The van der Waals surface area contributed by atoms with Gasteiger partial charge in [0, 0.05) is 12.8 Å². The van der Waals surface area contributed by atoms with E-state index in [4.69, 9.17) is 13.8 Å². The van der Waals surface area contributed by atoms with Crippen LogP contribution in [0.5, 0.6) is 0 Å². The maximum absolute atomic E-state index is 13.6. The van der Waals surface area contributed by atoms with Gasteiger partial charge in [0.25, 0.3) is 0 Å². The first kappa shape index (κ1) is 84.2. The molecule has 9 nitrogen and oxygen atoms in total. The lowest BCUT2D eigenvalue weighted by molar-refractivity contribution is -0.870. The molecule has 0 rings (SSSR count). The summed E-state index contributed by atoms with van der Waals surface area (Å²) in [5, 5.41) is 3.06. The molecule has 10 heteroatoms. The van der Waals surface area contributed by atoms with E-state index >= 15 is 0 Å². The molecule has 0 aromatic carbocycles. The molecule has 0 aliphatic carbocycles. The van der Waals surface area contributed by atoms with Crippen LogP contribution in [0.25, 0.3) is 0 Å². The summed E-state index contributed by atoms with van der Waals surface area (Å²) in [6.07, 6.45) is 94.6. The molecule has 0 saturated heterocycles. The number of ether oxygens (including phenoxy) is 1. The number of phosphoric acid groups is 1. The summed E-state index contributed by atoms with van der Waals surface area (Å²) in [5.74, 6) is -0.541. The second kappa shape index (κ2) is 66.1. The molecule has 0 spiro atoms. The van der Waals surface area contributed by atoms with Gasteiger partial charge < -0.3 is 19.4 Å². The number of quaternary nitrogens is 1. The van der Waals surface area contributed by atoms with Gasteiger partial charge in [0.05, 0.1) is 33.8 Å². The van der Waals surface area contributed by atoms with E-state index in [0.717, 1.165) is 128 Å². The lowest BCUT2D eigenvalue weighted by atomic mass is 10.0. The second-order valence-electron chi connectivity index (χ2n) is 25.0. The minimum Gasteiger partial charge on any atom is -0.456 e. The number of amides is 1. The fraction of sp³-hybridized carbons (Fsp3) is 0.692. The van der Waals surface area contributed by atoms with Gasteiger partial charge in [-0.05, 0) is 128 Å². The third-order valence-corrected chi connectivity index (χ3v) is 16.3. The van der Waals surface area contributed by atoms with E-state index in [0.29, 0.717) is 23.9 Å². The van der Waals surface area contributed by atoms with Crippen LogP contribution in [-0.4, -0.2) is 74.3 Å². The quantitative estimate of drug-likeness (QED) is 0.0205. The Morgan fingerprint density at radius 3 is 1.11 bits per heavy atom. The van der Waals surface area contributed by atoms with Crippen LogP contribution in [0.4, 0.5) is 0 Å². The zero-order valence-corrected chi connectivity index (χ0v) is 58.6. The van der Waals surface area contributed by atoms with Crippen LogP contribution in [0.3, 0.4) is 0 Å². The van der Waals surface area contributed by atoms with Crippen molar-refractivity contribution in [3.63, 3.8) is 0 Å². The van der Waals surface area contributed by atoms with Crippen molar-refractivity contribution in [2.24, 2.45) is 0 Å². The van der Waals surface area contributed by atoms with Crippen molar-refractivity contribution in [3.8, 4) is 0 Å². The maximum Gasteiger partial charge on any atom is 0.472 e. The Balaban J connectivity index is 5.12. The van der Waals surface area contributed by atoms with Gasteiger partial charge in [0.2, 0.25) is 5.91 Å². The molecule has 0 radical (unpaired) electrons. The Kier molecular flexibility index (Phi) is 63.2. The zero-order valence-electron chi connectivity index (χ0n) is 57.7. The number of carbonyl (C=O) groups is 2. The molecule has 1 amide bonds. The van der Waals surface area contributed by atoms with Crippen molar-refractivity contribution < 1.29 is 37.3 Å². The van der Waals surface area contributed by atoms with E-state index in [9.17, 15) is 19.0 Å². The van der Waals surface area contributed by atoms with Crippen molar-refractivity contribution in [3.05, 3.63) is 134 Å². The smallest absolute Gasteiger partial charge is 0.456 e. The van der Waals surface area contributed by atoms with Crippen LogP contribution < -0.4 is 5.32 Å². The molecule has 88 heavy (non-hydrogen) atoms. The van der Waals surface area contributed by atoms with Gasteiger partial charge >= 0.3 is 13.8 Å². The summed E-state index contributed by atoms with van der Waals surface area (Å²) < 4.78 is 30.8. The van der Waals surface area contributed by atoms with Crippen LogP contribution in [0.1, 0.15) is 297 Å². The molecule has 0 fully saturated rings. The van der Waals surface area contributed by atoms with Crippen LogP contribution in [0, 0.1) is 0 Å². The van der Waals surface area contributed by atoms with Crippen molar-refractivity contribution in [2.45, 2.75) is 309 Å². The molecule has 504 valence electrons. The largest absolute Gasteiger partial charge is 0.472 e. The predicted molar refractivity (Wildman–Crippen MR) is 383 cm³/mol. The predicted octanol–water partition coefficient (Wildman–Crippen LogP) is 23.2. The topological polar surface area (TPSA) is 111 Å². The molecule has 0 heterocycles. The number of nitrogens with one attached hydrogen (secondary N) is 1. The number of phosphoric ester groups is 1. The Bertz CT molecular complexity index is 1970. The number of hydrogen-bond donors (Lipinski definition) is 2. The zero-order chi connectivity index (χ0) is 64.2. The van der Waals surface area contributed by atoms with Gasteiger partial charge in [-0.3, -0.25) is 18.6 Å². The third-order valence-electron chi connectivity index (χ3n) is 15.3. The summed E-state index contributed by atoms with van der Waals surface area (Å²) >= 11 is 0. The highest BCUT2D eigenvalue weighted by atomic mass is 31.2. The number of allylic oxidation sites excluding steroid dienone is 21. The van der Waals surface area contributed by atoms with E-state index in [1.807, 2.05) is 33.3 Å². The fourth-order valence-corrected chi connectivity index (χ4v) is 10.5. The normalized spacial score (nSPS) is 14.3. The summed E-state index contributed by atoms with van der Waals surface area (Å²) in [5.41, 5.74) is 0. The summed E-state index contributed by atoms with van der Waals surface area (Å²) in [7, 11) is 1.46. The van der Waals surface area contributed by atoms with Crippen molar-refractivity contribution in [2.75, 3.05) is 40.9 Å². The Hall–Kier alpha value is -3.85. The molecule has 0 saturated carbocycles. The van der Waals surface area contributed by atoms with E-state index in [1.54, 1.807) is 0 Å². The lowest BCUT2D eigenvalue weighted by Crippen LogP contribution is -2.47. The molecule has 0 bridgehead atoms. The first-order valence-corrected chi connectivity index (χ1v) is 37.5. The third kappa shape index (κ3) is 66.6. The Morgan fingerprint density at radius 2 is 0.727 bits per heavy atom. The molecule has 3 atom stereocenters. The number of rotatable bonds is 64. The van der Waals surface area contributed by atoms with Crippen LogP contribution in [0.15, 0.2) is 134 Å². The molecule has 0 aliphatic heterocycles. The van der Waals surface area contributed by atoms with Crippen LogP contribution in [-0.2, 0) is 27.9 Å². The molecule has 3 unspecified atom stereocenters. The highest BCUT2D eigenvalue weighted by Gasteiger charge is 2.30. The Morgan fingerprint density at radius 1 is 0.409 bits per heavy atom. The molecule has 0 aliphatic rings. The molecule has 0 aromatic heterocycles. The standard InChI is InChI=1S/C78H135N2O7P/c1-7-10-13-16-19-22-25-28-30-32-34-36-38-39-40-41-43-44-46-48-50-52-55-58-61-64-67-70-77(81)79-75(74-86-88(83,84)85-73-72-80(4,5)6)76(69-66-63-60-57-54-27-24-21-18-15-12-9-3)87-78(82)71-68-65-62-59-56-53-51-49-47-45-42-37-35-33-31-29-26-23-20-17-14-11-8-2/h11,14,19-20,22-23,28-31,34-37,39-40,45,47,51,53,66,69,75-76H,7-10,12-13,15-18,21,24-27,32-33,38,41-44,46,48-50,52,54-65,67-68,70-74H2,1-6H3,(H-,79,81,83,84)/p+1/b14-11-,22-19-,23-20-,30-28-,31-29-,36-34-,37-35-,40-39-,47-45-,53-51-,69-66-. The first-order valence-electron chi connectivity index (χ1n) is 36.0. The highest BCUT2D eigenvalue weighted by Crippen LogP contribution is 2.43. The monoisotopic (exact) mass is 1240 g/mol. The van der Waals surface area contributed by atoms with Crippen LogP contribution >= 0.6 is 7.82 Å². The number of hydrogen-bond acceptors (Lipinski definition) is 6. The average Bonchev–Trinajstić information content (AvgIpc) is 3.71. The van der Waals surface area contributed by atoms with Gasteiger partial charge in [-0.1, -0.05) is 290 Å². The van der Waals surface area contributed by atoms with Gasteiger partial charge in [-0.25, -0.2) is 4.57 Å². The van der Waals surface area contributed by atoms with E-state index < -0.39 is 20.0 Å². The van der Waals surface area contributed by atoms with Crippen LogP contribution in [0.2, 0.25) is 0 Å². The lowest BCUT2D eigenvalue weighted by Gasteiger charge is -2.27. The number of unbranched alkanes of at least 4 members (excludes halogenated alkanes) is 28. The molecular formula is C78H136N2O7P+. The number of nitrogens with zero attached hydrogens (tertiary/aromatic N) is 1. The second-order valence-corrected chi connectivity index (χ2v) is 26.5. The molecule has 2 N–H and O–H groups in total. The van der Waals surface area contributed by atoms with Gasteiger partial charge in [0.1, 0.15) is 19.3 Å². The number of esters is 1. The van der Waals surface area contributed by atoms with Crippen molar-refractivity contribution in [1.82, 2.24) is 5.32 Å². The first-order chi connectivity index (χ1) is 42.9. The maximum atomic E-state index is 13.6. The highest BCUT2D eigenvalue weighted by molar-refractivity contribution is 7.47. The minimum atomic E-state index is -4.47. The number of carbonyl (C=O) groups excluding carboxylic acids is 2. The van der Waals surface area contributed by atoms with Gasteiger partial charge in [0.15, 0.2) is 0 Å². The van der Waals surface area contributed by atoms with Gasteiger partial charge in [-0.2, -0.15) is 0 Å². The summed E-state index contributed by atoms with van der Waals surface area (Å²) in [6, 6.07) is -0.872. The molecular weight excluding hydrogens is 1110 g/mol.